The average molecular weight is 674 g/mol. The molecule has 6 N–H and O–H groups in total. The Morgan fingerprint density at radius 2 is 1.06 bits per heavy atom. The highest BCUT2D eigenvalue weighted by molar-refractivity contribution is 5.76. The molecule has 0 aromatic carbocycles. The van der Waals surface area contributed by atoms with Crippen molar-refractivity contribution in [2.45, 2.75) is 224 Å². The molecule has 9 nitrogen and oxygen atoms in total. The molecule has 1 amide bonds. The third-order valence-corrected chi connectivity index (χ3v) is 9.71. The number of aliphatic hydroxyl groups is 5. The predicted octanol–water partition coefficient (Wildman–Crippen LogP) is 6.83. The van der Waals surface area contributed by atoms with Gasteiger partial charge in [-0.2, -0.15) is 0 Å². The lowest BCUT2D eigenvalue weighted by molar-refractivity contribution is -0.302. The maximum absolute atomic E-state index is 12.7. The molecule has 0 radical (unpaired) electrons. The molecule has 0 saturated carbocycles. The van der Waals surface area contributed by atoms with E-state index in [4.69, 9.17) is 9.47 Å². The fourth-order valence-electron chi connectivity index (χ4n) is 6.45. The van der Waals surface area contributed by atoms with Gasteiger partial charge in [0.15, 0.2) is 6.29 Å². The minimum atomic E-state index is -1.55. The average Bonchev–Trinajstić information content (AvgIpc) is 3.07. The molecule has 0 bridgehead atoms. The Bertz CT molecular complexity index is 711. The van der Waals surface area contributed by atoms with Crippen molar-refractivity contribution in [2.24, 2.45) is 0 Å². The zero-order valence-electron chi connectivity index (χ0n) is 30.3. The van der Waals surface area contributed by atoms with Crippen molar-refractivity contribution in [3.8, 4) is 0 Å². The lowest BCUT2D eigenvalue weighted by atomic mass is 9.99. The van der Waals surface area contributed by atoms with E-state index in [9.17, 15) is 30.3 Å². The maximum atomic E-state index is 12.7. The molecule has 1 saturated heterocycles. The Balaban J connectivity index is 2.30. The van der Waals surface area contributed by atoms with Gasteiger partial charge in [-0.3, -0.25) is 4.79 Å². The van der Waals surface area contributed by atoms with Gasteiger partial charge in [-0.05, 0) is 12.8 Å². The number of hydrogen-bond donors (Lipinski definition) is 6. The Morgan fingerprint density at radius 3 is 1.51 bits per heavy atom. The van der Waals surface area contributed by atoms with Crippen molar-refractivity contribution in [1.29, 1.82) is 0 Å². The van der Waals surface area contributed by atoms with Crippen LogP contribution in [-0.2, 0) is 14.3 Å². The summed E-state index contributed by atoms with van der Waals surface area (Å²) in [4.78, 5) is 12.7. The number of nitrogens with one attached hydrogen (secondary N) is 1. The smallest absolute Gasteiger partial charge is 0.220 e. The van der Waals surface area contributed by atoms with Gasteiger partial charge < -0.3 is 40.3 Å². The summed E-state index contributed by atoms with van der Waals surface area (Å²) in [5.41, 5.74) is 0. The molecule has 7 unspecified atom stereocenters. The normalized spacial score (nSPS) is 22.7. The zero-order chi connectivity index (χ0) is 34.5. The summed E-state index contributed by atoms with van der Waals surface area (Å²) >= 11 is 0. The van der Waals surface area contributed by atoms with Gasteiger partial charge >= 0.3 is 0 Å². The van der Waals surface area contributed by atoms with E-state index in [-0.39, 0.29) is 12.5 Å². The highest BCUT2D eigenvalue weighted by Crippen LogP contribution is 2.23. The summed E-state index contributed by atoms with van der Waals surface area (Å²) in [5.74, 6) is -0.153. The van der Waals surface area contributed by atoms with Gasteiger partial charge in [0, 0.05) is 6.42 Å². The van der Waals surface area contributed by atoms with Crippen LogP contribution in [0.1, 0.15) is 181 Å². The minimum Gasteiger partial charge on any atom is -0.394 e. The van der Waals surface area contributed by atoms with Crippen LogP contribution in [0.4, 0.5) is 0 Å². The number of amides is 1. The standard InChI is InChI=1S/C38H75NO8/c1-3-5-7-9-11-12-13-14-15-16-17-18-19-20-21-22-23-25-27-32(41)31(39-34(42)28-26-24-10-8-6-4-2)30-46-38-37(45)36(44)35(43)33(29-40)47-38/h31-33,35-38,40-41,43-45H,3-30H2,1-2H3,(H,39,42). The van der Waals surface area contributed by atoms with Crippen LogP contribution in [0.3, 0.4) is 0 Å². The number of unbranched alkanes of at least 4 members (excludes halogenated alkanes) is 22. The first-order valence-electron chi connectivity index (χ1n) is 19.7. The number of carbonyl (C=O) groups excluding carboxylic acids is 1. The number of aliphatic hydroxyl groups excluding tert-OH is 5. The number of rotatable bonds is 32. The fourth-order valence-corrected chi connectivity index (χ4v) is 6.45. The maximum Gasteiger partial charge on any atom is 0.220 e. The second-order valence-electron chi connectivity index (χ2n) is 14.1. The summed E-state index contributed by atoms with van der Waals surface area (Å²) in [6, 6.07) is -0.708. The Labute approximate surface area is 287 Å². The zero-order valence-corrected chi connectivity index (χ0v) is 30.3. The molecule has 1 fully saturated rings. The van der Waals surface area contributed by atoms with Crippen molar-refractivity contribution in [3.63, 3.8) is 0 Å². The van der Waals surface area contributed by atoms with Crippen molar-refractivity contribution in [3.05, 3.63) is 0 Å². The Kier molecular flexibility index (Phi) is 28.3. The van der Waals surface area contributed by atoms with E-state index in [0.29, 0.717) is 12.8 Å². The van der Waals surface area contributed by atoms with Gasteiger partial charge in [-0.25, -0.2) is 0 Å². The van der Waals surface area contributed by atoms with E-state index >= 15 is 0 Å². The van der Waals surface area contributed by atoms with E-state index in [1.165, 1.54) is 116 Å². The summed E-state index contributed by atoms with van der Waals surface area (Å²) in [6.07, 6.45) is 22.8. The molecule has 0 aromatic heterocycles. The highest BCUT2D eigenvalue weighted by Gasteiger charge is 2.44. The Hall–Kier alpha value is -0.810. The van der Waals surface area contributed by atoms with Crippen molar-refractivity contribution < 1.29 is 39.8 Å². The van der Waals surface area contributed by atoms with Crippen LogP contribution in [0.2, 0.25) is 0 Å². The predicted molar refractivity (Wildman–Crippen MR) is 189 cm³/mol. The molecule has 1 heterocycles. The van der Waals surface area contributed by atoms with Gasteiger partial charge in [0.25, 0.3) is 0 Å². The second kappa shape index (κ2) is 30.1. The Morgan fingerprint density at radius 1 is 0.638 bits per heavy atom. The molecular weight excluding hydrogens is 598 g/mol. The lowest BCUT2D eigenvalue weighted by Crippen LogP contribution is -2.60. The van der Waals surface area contributed by atoms with E-state index in [0.717, 1.165) is 38.5 Å². The summed E-state index contributed by atoms with van der Waals surface area (Å²) < 4.78 is 11.2. The van der Waals surface area contributed by atoms with Crippen molar-refractivity contribution >= 4 is 5.91 Å². The highest BCUT2D eigenvalue weighted by atomic mass is 16.7. The number of hydrogen-bond acceptors (Lipinski definition) is 8. The summed E-state index contributed by atoms with van der Waals surface area (Å²) in [6.45, 7) is 3.76. The van der Waals surface area contributed by atoms with Gasteiger partial charge in [0.1, 0.15) is 24.4 Å². The quantitative estimate of drug-likeness (QED) is 0.0426. The third kappa shape index (κ3) is 21.8. The van der Waals surface area contributed by atoms with Crippen LogP contribution >= 0.6 is 0 Å². The monoisotopic (exact) mass is 674 g/mol. The first-order chi connectivity index (χ1) is 22.8. The first-order valence-corrected chi connectivity index (χ1v) is 19.7. The fraction of sp³-hybridized carbons (Fsp3) is 0.974. The van der Waals surface area contributed by atoms with Crippen LogP contribution in [0, 0.1) is 0 Å². The number of carbonyl (C=O) groups is 1. The summed E-state index contributed by atoms with van der Waals surface area (Å²) in [7, 11) is 0. The van der Waals surface area contributed by atoms with Gasteiger partial charge in [-0.15, -0.1) is 0 Å². The van der Waals surface area contributed by atoms with Crippen molar-refractivity contribution in [1.82, 2.24) is 5.32 Å². The van der Waals surface area contributed by atoms with Gasteiger partial charge in [-0.1, -0.05) is 162 Å². The molecular formula is C38H75NO8. The lowest BCUT2D eigenvalue weighted by Gasteiger charge is -2.40. The summed E-state index contributed by atoms with van der Waals surface area (Å²) in [5, 5.41) is 53.9. The van der Waals surface area contributed by atoms with E-state index in [1.54, 1.807) is 0 Å². The van der Waals surface area contributed by atoms with Crippen LogP contribution in [-0.4, -0.2) is 87.5 Å². The molecule has 0 aromatic rings. The molecule has 0 aliphatic carbocycles. The molecule has 1 aliphatic heterocycles. The van der Waals surface area contributed by atoms with Crippen LogP contribution in [0.15, 0.2) is 0 Å². The molecule has 7 atom stereocenters. The molecule has 280 valence electrons. The third-order valence-electron chi connectivity index (χ3n) is 9.71. The van der Waals surface area contributed by atoms with Gasteiger partial charge in [0.05, 0.1) is 25.4 Å². The molecule has 9 heteroatoms. The van der Waals surface area contributed by atoms with E-state index in [2.05, 4.69) is 19.2 Å². The van der Waals surface area contributed by atoms with Crippen molar-refractivity contribution in [2.75, 3.05) is 13.2 Å². The largest absolute Gasteiger partial charge is 0.394 e. The van der Waals surface area contributed by atoms with E-state index in [1.807, 2.05) is 0 Å². The topological polar surface area (TPSA) is 149 Å². The first kappa shape index (κ1) is 44.2. The molecule has 47 heavy (non-hydrogen) atoms. The molecule has 0 spiro atoms. The van der Waals surface area contributed by atoms with Crippen LogP contribution in [0.5, 0.6) is 0 Å². The van der Waals surface area contributed by atoms with Gasteiger partial charge in [0.2, 0.25) is 5.91 Å². The second-order valence-corrected chi connectivity index (χ2v) is 14.1. The molecule has 1 rings (SSSR count). The van der Waals surface area contributed by atoms with Crippen LogP contribution in [0.25, 0.3) is 0 Å². The minimum absolute atomic E-state index is 0.134. The van der Waals surface area contributed by atoms with Crippen LogP contribution < -0.4 is 5.32 Å². The SMILES string of the molecule is CCCCCCCCCCCCCCCCCCCCC(O)C(COC1OC(CO)C(O)C(O)C1O)NC(=O)CCCCCCCC. The number of ether oxygens (including phenoxy) is 2. The molecule has 1 aliphatic rings. The van der Waals surface area contributed by atoms with E-state index < -0.39 is 49.5 Å².